The van der Waals surface area contributed by atoms with Crippen molar-refractivity contribution in [2.24, 2.45) is 11.7 Å². The molecule has 0 bridgehead atoms. The van der Waals surface area contributed by atoms with Crippen molar-refractivity contribution in [1.82, 2.24) is 0 Å². The number of rotatable bonds is 3. The van der Waals surface area contributed by atoms with Gasteiger partial charge in [0.2, 0.25) is 0 Å². The monoisotopic (exact) mass is 259 g/mol. The smallest absolute Gasteiger partial charge is 0.138 e. The molecule has 0 fully saturated rings. The van der Waals surface area contributed by atoms with Crippen molar-refractivity contribution in [3.63, 3.8) is 0 Å². The Hall–Kier alpha value is -0.410. The summed E-state index contributed by atoms with van der Waals surface area (Å²) in [7, 11) is 0. The zero-order chi connectivity index (χ0) is 10.8. The van der Waals surface area contributed by atoms with Gasteiger partial charge in [0.25, 0.3) is 0 Å². The van der Waals surface area contributed by atoms with Crippen LogP contribution in [0, 0.1) is 5.92 Å². The first-order valence-electron chi connectivity index (χ1n) is 4.64. The first-order chi connectivity index (χ1) is 6.50. The van der Waals surface area contributed by atoms with Crippen molar-refractivity contribution < 1.29 is 4.39 Å². The van der Waals surface area contributed by atoms with Crippen molar-refractivity contribution in [1.29, 1.82) is 0 Å². The third-order valence-electron chi connectivity index (χ3n) is 2.68. The van der Waals surface area contributed by atoms with Crippen LogP contribution in [0.5, 0.6) is 0 Å². The minimum atomic E-state index is -1.38. The van der Waals surface area contributed by atoms with E-state index in [0.717, 1.165) is 4.47 Å². The molecular formula is C11H15BrFN. The molecule has 2 unspecified atom stereocenters. The maximum absolute atomic E-state index is 14.4. The molecule has 3 heteroatoms. The van der Waals surface area contributed by atoms with Crippen LogP contribution < -0.4 is 5.73 Å². The molecule has 0 saturated heterocycles. The Morgan fingerprint density at radius 1 is 1.50 bits per heavy atom. The van der Waals surface area contributed by atoms with E-state index in [9.17, 15) is 4.39 Å². The molecule has 0 aromatic heterocycles. The lowest BCUT2D eigenvalue weighted by Crippen LogP contribution is -2.31. The highest BCUT2D eigenvalue weighted by Gasteiger charge is 2.33. The van der Waals surface area contributed by atoms with E-state index in [2.05, 4.69) is 15.9 Å². The molecular weight excluding hydrogens is 245 g/mol. The van der Waals surface area contributed by atoms with E-state index < -0.39 is 5.67 Å². The van der Waals surface area contributed by atoms with Crippen molar-refractivity contribution in [2.45, 2.75) is 19.5 Å². The van der Waals surface area contributed by atoms with Crippen LogP contribution in [0.1, 0.15) is 19.4 Å². The molecule has 0 heterocycles. The average Bonchev–Trinajstić information content (AvgIpc) is 2.17. The van der Waals surface area contributed by atoms with Crippen LogP contribution in [-0.4, -0.2) is 6.54 Å². The average molecular weight is 260 g/mol. The highest BCUT2D eigenvalue weighted by Crippen LogP contribution is 2.37. The number of nitrogens with two attached hydrogens (primary N) is 1. The summed E-state index contributed by atoms with van der Waals surface area (Å²) in [5.41, 5.74) is 4.77. The SMILES string of the molecule is CC(CN)C(C)(F)c1ccccc1Br. The van der Waals surface area contributed by atoms with Gasteiger partial charge in [-0.2, -0.15) is 0 Å². The van der Waals surface area contributed by atoms with Gasteiger partial charge in [-0.1, -0.05) is 41.1 Å². The molecule has 1 nitrogen and oxygen atoms in total. The fourth-order valence-corrected chi connectivity index (χ4v) is 2.02. The maximum Gasteiger partial charge on any atom is 0.138 e. The van der Waals surface area contributed by atoms with E-state index in [-0.39, 0.29) is 5.92 Å². The molecule has 0 aliphatic rings. The van der Waals surface area contributed by atoms with Gasteiger partial charge in [0.05, 0.1) is 0 Å². The summed E-state index contributed by atoms with van der Waals surface area (Å²) < 4.78 is 15.2. The lowest BCUT2D eigenvalue weighted by atomic mass is 9.86. The number of benzene rings is 1. The van der Waals surface area contributed by atoms with E-state index in [1.165, 1.54) is 0 Å². The van der Waals surface area contributed by atoms with Gasteiger partial charge in [-0.15, -0.1) is 0 Å². The van der Waals surface area contributed by atoms with Gasteiger partial charge in [0, 0.05) is 16.0 Å². The number of hydrogen-bond donors (Lipinski definition) is 1. The second-order valence-electron chi connectivity index (χ2n) is 3.69. The van der Waals surface area contributed by atoms with Crippen molar-refractivity contribution in [3.05, 3.63) is 34.3 Å². The van der Waals surface area contributed by atoms with Crippen LogP contribution in [0.4, 0.5) is 4.39 Å². The van der Waals surface area contributed by atoms with Crippen molar-refractivity contribution in [3.8, 4) is 0 Å². The Labute approximate surface area is 92.6 Å². The molecule has 0 radical (unpaired) electrons. The topological polar surface area (TPSA) is 26.0 Å². The zero-order valence-electron chi connectivity index (χ0n) is 8.43. The second-order valence-corrected chi connectivity index (χ2v) is 4.55. The van der Waals surface area contributed by atoms with E-state index in [1.54, 1.807) is 13.0 Å². The summed E-state index contributed by atoms with van der Waals surface area (Å²) in [6, 6.07) is 7.34. The van der Waals surface area contributed by atoms with Crippen molar-refractivity contribution >= 4 is 15.9 Å². The summed E-state index contributed by atoms with van der Waals surface area (Å²) in [4.78, 5) is 0. The molecule has 0 aliphatic carbocycles. The van der Waals surface area contributed by atoms with Gasteiger partial charge in [-0.25, -0.2) is 4.39 Å². The van der Waals surface area contributed by atoms with Crippen LogP contribution in [0.25, 0.3) is 0 Å². The highest BCUT2D eigenvalue weighted by atomic mass is 79.9. The molecule has 0 spiro atoms. The predicted molar refractivity (Wildman–Crippen MR) is 60.8 cm³/mol. The van der Waals surface area contributed by atoms with Crippen LogP contribution in [0.3, 0.4) is 0 Å². The maximum atomic E-state index is 14.4. The molecule has 14 heavy (non-hydrogen) atoms. The normalized spacial score (nSPS) is 17.5. The summed E-state index contributed by atoms with van der Waals surface area (Å²) in [5.74, 6) is -0.193. The molecule has 1 aromatic carbocycles. The van der Waals surface area contributed by atoms with E-state index >= 15 is 0 Å². The third-order valence-corrected chi connectivity index (χ3v) is 3.37. The summed E-state index contributed by atoms with van der Waals surface area (Å²) in [5, 5.41) is 0. The minimum Gasteiger partial charge on any atom is -0.330 e. The largest absolute Gasteiger partial charge is 0.330 e. The van der Waals surface area contributed by atoms with E-state index in [1.807, 2.05) is 25.1 Å². The molecule has 1 aromatic rings. The van der Waals surface area contributed by atoms with Crippen LogP contribution >= 0.6 is 15.9 Å². The van der Waals surface area contributed by atoms with Crippen LogP contribution in [-0.2, 0) is 5.67 Å². The third kappa shape index (κ3) is 2.15. The molecule has 0 aliphatic heterocycles. The van der Waals surface area contributed by atoms with Crippen LogP contribution in [0.15, 0.2) is 28.7 Å². The predicted octanol–water partition coefficient (Wildman–Crippen LogP) is 3.23. The molecule has 2 N–H and O–H groups in total. The summed E-state index contributed by atoms with van der Waals surface area (Å²) in [6.45, 7) is 3.73. The fourth-order valence-electron chi connectivity index (χ4n) is 1.34. The Kier molecular flexibility index (Phi) is 3.67. The number of halogens is 2. The zero-order valence-corrected chi connectivity index (χ0v) is 10.0. The Morgan fingerprint density at radius 3 is 2.57 bits per heavy atom. The van der Waals surface area contributed by atoms with Gasteiger partial charge in [-0.05, 0) is 19.5 Å². The van der Waals surface area contributed by atoms with Gasteiger partial charge in [-0.3, -0.25) is 0 Å². The Bertz CT molecular complexity index is 312. The van der Waals surface area contributed by atoms with E-state index in [0.29, 0.717) is 12.1 Å². The lowest BCUT2D eigenvalue weighted by molar-refractivity contribution is 0.116. The standard InChI is InChI=1S/C11H15BrFN/c1-8(7-14)11(2,13)9-5-3-4-6-10(9)12/h3-6,8H,7,14H2,1-2H3. The Morgan fingerprint density at radius 2 is 2.07 bits per heavy atom. The summed E-state index contributed by atoms with van der Waals surface area (Å²) in [6.07, 6.45) is 0. The molecule has 1 rings (SSSR count). The summed E-state index contributed by atoms with van der Waals surface area (Å²) >= 11 is 3.35. The fraction of sp³-hybridized carbons (Fsp3) is 0.455. The van der Waals surface area contributed by atoms with Crippen molar-refractivity contribution in [2.75, 3.05) is 6.54 Å². The molecule has 0 amide bonds. The van der Waals surface area contributed by atoms with Gasteiger partial charge >= 0.3 is 0 Å². The second kappa shape index (κ2) is 4.41. The number of hydrogen-bond acceptors (Lipinski definition) is 1. The molecule has 78 valence electrons. The Balaban J connectivity index is 3.09. The van der Waals surface area contributed by atoms with E-state index in [4.69, 9.17) is 5.73 Å². The number of alkyl halides is 1. The highest BCUT2D eigenvalue weighted by molar-refractivity contribution is 9.10. The van der Waals surface area contributed by atoms with Gasteiger partial charge in [0.1, 0.15) is 5.67 Å². The minimum absolute atomic E-state index is 0.193. The molecule has 2 atom stereocenters. The van der Waals surface area contributed by atoms with Gasteiger partial charge in [0.15, 0.2) is 0 Å². The van der Waals surface area contributed by atoms with Crippen LogP contribution in [0.2, 0.25) is 0 Å². The first-order valence-corrected chi connectivity index (χ1v) is 5.43. The quantitative estimate of drug-likeness (QED) is 0.887. The van der Waals surface area contributed by atoms with Gasteiger partial charge < -0.3 is 5.73 Å². The molecule has 0 saturated carbocycles. The lowest BCUT2D eigenvalue weighted by Gasteiger charge is -2.28. The first kappa shape index (κ1) is 11.7.